The monoisotopic (exact) mass is 317 g/mol. The minimum absolute atomic E-state index is 0.300. The molecule has 112 valence electrons. The zero-order chi connectivity index (χ0) is 16.3. The second-order valence-corrected chi connectivity index (χ2v) is 5.03. The van der Waals surface area contributed by atoms with Gasteiger partial charge >= 0.3 is 7.75 Å². The van der Waals surface area contributed by atoms with Crippen molar-refractivity contribution in [1.29, 1.82) is 0 Å². The molecule has 0 aliphatic carbocycles. The van der Waals surface area contributed by atoms with Crippen LogP contribution in [0.4, 0.5) is 0 Å². The van der Waals surface area contributed by atoms with E-state index in [-0.39, 0.29) is 0 Å². The highest BCUT2D eigenvalue weighted by Gasteiger charge is 2.26. The fourth-order valence-corrected chi connectivity index (χ4v) is 2.32. The number of hydrogen-bond donors (Lipinski definition) is 0. The Balaban J connectivity index is 0.000000745. The molecule has 0 saturated heterocycles. The first kappa shape index (κ1) is 16.9. The summed E-state index contributed by atoms with van der Waals surface area (Å²) in [5, 5.41) is 0. The molecule has 0 heterocycles. The van der Waals surface area contributed by atoms with Gasteiger partial charge < -0.3 is 20.1 Å². The summed E-state index contributed by atoms with van der Waals surface area (Å²) in [7, 11) is -3.95. The Morgan fingerprint density at radius 3 is 1.50 bits per heavy atom. The zero-order valence-corrected chi connectivity index (χ0v) is 12.0. The average molecular weight is 317 g/mol. The Morgan fingerprint density at radius 2 is 1.18 bits per heavy atom. The number of nitrogens with zero attached hydrogens (tertiary/aromatic N) is 6. The van der Waals surface area contributed by atoms with Crippen molar-refractivity contribution in [2.75, 3.05) is 0 Å². The summed E-state index contributed by atoms with van der Waals surface area (Å²) < 4.78 is 22.6. The van der Waals surface area contributed by atoms with Gasteiger partial charge in [0.2, 0.25) is 0 Å². The first-order valence-electron chi connectivity index (χ1n) is 5.78. The molecule has 22 heavy (non-hydrogen) atoms. The largest absolute Gasteiger partial charge is 0.525 e. The Bertz CT molecular complexity index is 667. The highest BCUT2D eigenvalue weighted by molar-refractivity contribution is 7.53. The van der Waals surface area contributed by atoms with E-state index in [0.717, 1.165) is 0 Å². The fourth-order valence-electron chi connectivity index (χ4n) is 1.33. The lowest BCUT2D eigenvalue weighted by Crippen LogP contribution is -1.97. The number of hydrogen-bond acceptors (Lipinski definition) is 3. The van der Waals surface area contributed by atoms with Gasteiger partial charge in [0.15, 0.2) is 0 Å². The molecule has 0 N–H and O–H groups in total. The number of benzene rings is 2. The van der Waals surface area contributed by atoms with Gasteiger partial charge in [-0.3, -0.25) is 4.91 Å². The summed E-state index contributed by atoms with van der Waals surface area (Å²) in [5.74, 6) is 0.600. The van der Waals surface area contributed by atoms with Gasteiger partial charge in [-0.05, 0) is 29.8 Å². The van der Waals surface area contributed by atoms with Gasteiger partial charge in [-0.1, -0.05) is 36.4 Å². The molecule has 0 aromatic heterocycles. The Kier molecular flexibility index (Phi) is 6.89. The summed E-state index contributed by atoms with van der Waals surface area (Å²) in [6, 6.07) is 16.8. The molecule has 2 aromatic carbocycles. The molecule has 10 heteroatoms. The normalized spacial score (nSPS) is 9.27. The molecule has 0 bridgehead atoms. The van der Waals surface area contributed by atoms with Crippen LogP contribution in [0.3, 0.4) is 0 Å². The van der Waals surface area contributed by atoms with Crippen LogP contribution in [0.1, 0.15) is 0 Å². The van der Waals surface area contributed by atoms with Crippen LogP contribution in [0.5, 0.6) is 11.5 Å². The van der Waals surface area contributed by atoms with Crippen LogP contribution in [0.2, 0.25) is 0 Å². The number of rotatable bonds is 5. The first-order chi connectivity index (χ1) is 10.6. The van der Waals surface area contributed by atoms with Gasteiger partial charge in [-0.25, -0.2) is 4.57 Å². The number of azide groups is 1. The van der Waals surface area contributed by atoms with Crippen molar-refractivity contribution in [3.8, 4) is 11.5 Å². The van der Waals surface area contributed by atoms with Crippen LogP contribution in [0, 0.1) is 0 Å². The second kappa shape index (κ2) is 8.94. The molecule has 0 atom stereocenters. The Morgan fingerprint density at radius 1 is 0.818 bits per heavy atom. The fraction of sp³-hybridized carbons (Fsp3) is 0. The van der Waals surface area contributed by atoms with Crippen molar-refractivity contribution >= 4 is 7.75 Å². The van der Waals surface area contributed by atoms with Crippen molar-refractivity contribution in [1.82, 2.24) is 0 Å². The summed E-state index contributed by atoms with van der Waals surface area (Å²) >= 11 is 0. The minimum Gasteiger partial charge on any atom is -0.411 e. The third-order valence-corrected chi connectivity index (χ3v) is 3.26. The summed E-state index contributed by atoms with van der Waals surface area (Å²) in [6.07, 6.45) is 0. The maximum atomic E-state index is 12.3. The molecule has 0 radical (unpaired) electrons. The topological polar surface area (TPSA) is 143 Å². The molecule has 0 unspecified atom stereocenters. The SMILES string of the molecule is [N-]=[N+]=NP(=O)(Oc1ccccc1)Oc1ccccc1.[N-]=[N+]=[N-]. The van der Waals surface area contributed by atoms with Gasteiger partial charge in [0.05, 0.1) is 0 Å². The molecule has 0 fully saturated rings. The lowest BCUT2D eigenvalue weighted by Gasteiger charge is -2.14. The van der Waals surface area contributed by atoms with Gasteiger partial charge in [0, 0.05) is 9.80 Å². The molecule has 0 spiro atoms. The van der Waals surface area contributed by atoms with Gasteiger partial charge in [-0.2, -0.15) is 0 Å². The maximum Gasteiger partial charge on any atom is 0.525 e. The van der Waals surface area contributed by atoms with E-state index in [1.54, 1.807) is 60.7 Å². The van der Waals surface area contributed by atoms with Crippen LogP contribution in [-0.4, -0.2) is 0 Å². The first-order valence-corrected chi connectivity index (χ1v) is 7.27. The van der Waals surface area contributed by atoms with Gasteiger partial charge in [0.1, 0.15) is 11.5 Å². The van der Waals surface area contributed by atoms with Crippen molar-refractivity contribution in [3.63, 3.8) is 0 Å². The third-order valence-electron chi connectivity index (χ3n) is 2.08. The van der Waals surface area contributed by atoms with E-state index >= 15 is 0 Å². The summed E-state index contributed by atoms with van der Waals surface area (Å²) in [5.41, 5.74) is 22.0. The standard InChI is InChI=1S/C12H10N3O3P.N3/c13-14-15-19(16,17-11-7-3-1-4-8-11)18-12-9-5-2-6-10-12;1-3-2/h1-10H;/q;-1. The van der Waals surface area contributed by atoms with Crippen molar-refractivity contribution in [2.45, 2.75) is 0 Å². The molecule has 0 aliphatic heterocycles. The molecular weight excluding hydrogens is 307 g/mol. The molecule has 0 amide bonds. The lowest BCUT2D eigenvalue weighted by molar-refractivity contribution is 0.387. The highest BCUT2D eigenvalue weighted by atomic mass is 31.2. The van der Waals surface area contributed by atoms with Crippen LogP contribution in [0.25, 0.3) is 26.4 Å². The molecule has 2 aromatic rings. The van der Waals surface area contributed by atoms with Crippen LogP contribution >= 0.6 is 7.75 Å². The Labute approximate surface area is 125 Å². The maximum absolute atomic E-state index is 12.3. The second-order valence-electron chi connectivity index (χ2n) is 3.55. The van der Waals surface area contributed by atoms with E-state index in [0.29, 0.717) is 11.5 Å². The van der Waals surface area contributed by atoms with Crippen molar-refractivity contribution in [3.05, 3.63) is 87.1 Å². The Hall–Kier alpha value is -3.11. The van der Waals surface area contributed by atoms with Gasteiger partial charge in [-0.15, -0.1) is 0 Å². The lowest BCUT2D eigenvalue weighted by atomic mass is 10.3. The minimum atomic E-state index is -3.95. The van der Waals surface area contributed by atoms with Crippen LogP contribution in [0.15, 0.2) is 65.5 Å². The molecule has 2 rings (SSSR count). The van der Waals surface area contributed by atoms with E-state index in [9.17, 15) is 4.57 Å². The smallest absolute Gasteiger partial charge is 0.411 e. The summed E-state index contributed by atoms with van der Waals surface area (Å²) in [6.45, 7) is 0. The van der Waals surface area contributed by atoms with E-state index in [1.807, 2.05) is 0 Å². The zero-order valence-electron chi connectivity index (χ0n) is 11.1. The molecular formula is C12H10N6O3P-. The van der Waals surface area contributed by atoms with Crippen LogP contribution in [-0.2, 0) is 4.57 Å². The predicted molar refractivity (Wildman–Crippen MR) is 81.0 cm³/mol. The predicted octanol–water partition coefficient (Wildman–Crippen LogP) is 5.43. The van der Waals surface area contributed by atoms with E-state index in [1.165, 1.54) is 4.91 Å². The van der Waals surface area contributed by atoms with Crippen LogP contribution < -0.4 is 9.05 Å². The quantitative estimate of drug-likeness (QED) is 0.314. The number of para-hydroxylation sites is 2. The van der Waals surface area contributed by atoms with E-state index in [2.05, 4.69) is 9.80 Å². The third kappa shape index (κ3) is 5.90. The van der Waals surface area contributed by atoms with E-state index < -0.39 is 7.75 Å². The van der Waals surface area contributed by atoms with Crippen molar-refractivity contribution < 1.29 is 13.6 Å². The molecule has 9 nitrogen and oxygen atoms in total. The highest BCUT2D eigenvalue weighted by Crippen LogP contribution is 2.49. The molecule has 0 saturated carbocycles. The molecule has 0 aliphatic rings. The van der Waals surface area contributed by atoms with E-state index in [4.69, 9.17) is 25.6 Å². The van der Waals surface area contributed by atoms with Crippen molar-refractivity contribution in [2.24, 2.45) is 4.88 Å². The summed E-state index contributed by atoms with van der Waals surface area (Å²) in [4.78, 5) is 7.15. The van der Waals surface area contributed by atoms with Gasteiger partial charge in [0.25, 0.3) is 0 Å². The average Bonchev–Trinajstić information content (AvgIpc) is 2.50.